The highest BCUT2D eigenvalue weighted by Crippen LogP contribution is 2.33. The van der Waals surface area contributed by atoms with Crippen LogP contribution in [0.5, 0.6) is 11.5 Å². The summed E-state index contributed by atoms with van der Waals surface area (Å²) in [7, 11) is 0. The fourth-order valence-electron chi connectivity index (χ4n) is 2.12. The maximum Gasteiger partial charge on any atom is 0.231 e. The molecule has 2 N–H and O–H groups in total. The van der Waals surface area contributed by atoms with Gasteiger partial charge in [-0.25, -0.2) is 0 Å². The maximum atomic E-state index is 10.1. The minimum atomic E-state index is -0.541. The zero-order chi connectivity index (χ0) is 14.9. The highest BCUT2D eigenvalue weighted by Gasteiger charge is 2.16. The fourth-order valence-corrected chi connectivity index (χ4v) is 2.12. The number of hydrogen-bond donors (Lipinski definition) is 2. The third kappa shape index (κ3) is 5.19. The van der Waals surface area contributed by atoms with Crippen molar-refractivity contribution in [2.24, 2.45) is 0 Å². The number of hydrogen-bond acceptors (Lipinski definition) is 5. The average Bonchev–Trinajstić information content (AvgIpc) is 2.97. The van der Waals surface area contributed by atoms with Crippen molar-refractivity contribution in [3.05, 3.63) is 23.8 Å². The SMILES string of the molecule is CCCCOCCCNCC(O)c1ccc2c(c1)OCO2. The van der Waals surface area contributed by atoms with Crippen LogP contribution in [-0.2, 0) is 4.74 Å². The maximum absolute atomic E-state index is 10.1. The van der Waals surface area contributed by atoms with Gasteiger partial charge in [-0.1, -0.05) is 19.4 Å². The van der Waals surface area contributed by atoms with Crippen LogP contribution in [0.2, 0.25) is 0 Å². The zero-order valence-electron chi connectivity index (χ0n) is 12.6. The fraction of sp³-hybridized carbons (Fsp3) is 0.625. The summed E-state index contributed by atoms with van der Waals surface area (Å²) >= 11 is 0. The summed E-state index contributed by atoms with van der Waals surface area (Å²) in [5.74, 6) is 1.44. The summed E-state index contributed by atoms with van der Waals surface area (Å²) in [6.45, 7) is 5.39. The Morgan fingerprint density at radius 2 is 2.05 bits per heavy atom. The minimum Gasteiger partial charge on any atom is -0.454 e. The van der Waals surface area contributed by atoms with E-state index in [1.807, 2.05) is 18.2 Å². The monoisotopic (exact) mass is 295 g/mol. The Kier molecular flexibility index (Phi) is 6.79. The van der Waals surface area contributed by atoms with Crippen molar-refractivity contribution >= 4 is 0 Å². The van der Waals surface area contributed by atoms with Gasteiger partial charge in [-0.05, 0) is 37.1 Å². The van der Waals surface area contributed by atoms with Gasteiger partial charge in [0.1, 0.15) is 0 Å². The summed E-state index contributed by atoms with van der Waals surface area (Å²) in [5, 5.41) is 13.4. The van der Waals surface area contributed by atoms with Crippen LogP contribution in [0.3, 0.4) is 0 Å². The van der Waals surface area contributed by atoms with Crippen LogP contribution in [0.1, 0.15) is 37.9 Å². The molecule has 1 aromatic rings. The molecular weight excluding hydrogens is 270 g/mol. The van der Waals surface area contributed by atoms with Gasteiger partial charge in [-0.3, -0.25) is 0 Å². The molecule has 0 saturated heterocycles. The molecule has 0 amide bonds. The van der Waals surface area contributed by atoms with Crippen molar-refractivity contribution in [2.75, 3.05) is 33.1 Å². The first kappa shape index (κ1) is 16.1. The van der Waals surface area contributed by atoms with Crippen LogP contribution >= 0.6 is 0 Å². The number of benzene rings is 1. The number of unbranched alkanes of at least 4 members (excludes halogenated alkanes) is 1. The Hall–Kier alpha value is -1.30. The van der Waals surface area contributed by atoms with Gasteiger partial charge in [-0.2, -0.15) is 0 Å². The summed E-state index contributed by atoms with van der Waals surface area (Å²) < 4.78 is 16.0. The molecule has 1 aliphatic heterocycles. The van der Waals surface area contributed by atoms with Crippen molar-refractivity contribution in [1.82, 2.24) is 5.32 Å². The van der Waals surface area contributed by atoms with Crippen molar-refractivity contribution in [1.29, 1.82) is 0 Å². The van der Waals surface area contributed by atoms with Crippen LogP contribution in [0.15, 0.2) is 18.2 Å². The van der Waals surface area contributed by atoms with Crippen LogP contribution in [0.25, 0.3) is 0 Å². The number of rotatable bonds is 10. The van der Waals surface area contributed by atoms with E-state index in [9.17, 15) is 5.11 Å². The smallest absolute Gasteiger partial charge is 0.231 e. The van der Waals surface area contributed by atoms with Gasteiger partial charge < -0.3 is 24.6 Å². The van der Waals surface area contributed by atoms with Gasteiger partial charge >= 0.3 is 0 Å². The van der Waals surface area contributed by atoms with Crippen LogP contribution in [0, 0.1) is 0 Å². The molecule has 5 heteroatoms. The molecule has 2 rings (SSSR count). The average molecular weight is 295 g/mol. The third-order valence-electron chi connectivity index (χ3n) is 3.40. The first-order chi connectivity index (χ1) is 10.3. The second kappa shape index (κ2) is 8.87. The normalized spacial score (nSPS) is 14.4. The molecule has 0 saturated carbocycles. The van der Waals surface area contributed by atoms with E-state index in [4.69, 9.17) is 14.2 Å². The van der Waals surface area contributed by atoms with Gasteiger partial charge in [0.25, 0.3) is 0 Å². The Morgan fingerprint density at radius 1 is 1.24 bits per heavy atom. The topological polar surface area (TPSA) is 60.0 Å². The molecule has 0 spiro atoms. The van der Waals surface area contributed by atoms with Crippen LogP contribution in [-0.4, -0.2) is 38.2 Å². The molecule has 1 aromatic carbocycles. The number of aliphatic hydroxyl groups is 1. The van der Waals surface area contributed by atoms with E-state index in [1.165, 1.54) is 6.42 Å². The van der Waals surface area contributed by atoms with E-state index in [1.54, 1.807) is 0 Å². The standard InChI is InChI=1S/C16H25NO4/c1-2-3-8-19-9-4-7-17-11-14(18)13-5-6-15-16(10-13)21-12-20-15/h5-6,10,14,17-18H,2-4,7-9,11-12H2,1H3. The molecule has 1 aliphatic rings. The Bertz CT molecular complexity index is 425. The lowest BCUT2D eigenvalue weighted by atomic mass is 10.1. The van der Waals surface area contributed by atoms with Crippen LogP contribution < -0.4 is 14.8 Å². The molecule has 21 heavy (non-hydrogen) atoms. The summed E-state index contributed by atoms with van der Waals surface area (Å²) in [4.78, 5) is 0. The van der Waals surface area contributed by atoms with E-state index in [-0.39, 0.29) is 6.79 Å². The van der Waals surface area contributed by atoms with Gasteiger partial charge in [0, 0.05) is 19.8 Å². The second-order valence-electron chi connectivity index (χ2n) is 5.15. The van der Waals surface area contributed by atoms with Gasteiger partial charge in [-0.15, -0.1) is 0 Å². The summed E-state index contributed by atoms with van der Waals surface area (Å²) in [6, 6.07) is 5.54. The number of fused-ring (bicyclic) bond motifs is 1. The Labute approximate surface area is 126 Å². The van der Waals surface area contributed by atoms with E-state index in [0.29, 0.717) is 12.3 Å². The zero-order valence-corrected chi connectivity index (χ0v) is 12.6. The van der Waals surface area contributed by atoms with E-state index < -0.39 is 6.10 Å². The molecular formula is C16H25NO4. The van der Waals surface area contributed by atoms with Crippen molar-refractivity contribution in [3.8, 4) is 11.5 Å². The van der Waals surface area contributed by atoms with Crippen molar-refractivity contribution in [2.45, 2.75) is 32.3 Å². The molecule has 0 bridgehead atoms. The van der Waals surface area contributed by atoms with E-state index >= 15 is 0 Å². The van der Waals surface area contributed by atoms with Gasteiger partial charge in [0.15, 0.2) is 11.5 Å². The summed E-state index contributed by atoms with van der Waals surface area (Å²) in [6.07, 6.45) is 2.70. The quantitative estimate of drug-likeness (QED) is 0.648. The molecule has 5 nitrogen and oxygen atoms in total. The van der Waals surface area contributed by atoms with Crippen molar-refractivity contribution < 1.29 is 19.3 Å². The van der Waals surface area contributed by atoms with Crippen molar-refractivity contribution in [3.63, 3.8) is 0 Å². The third-order valence-corrected chi connectivity index (χ3v) is 3.40. The highest BCUT2D eigenvalue weighted by atomic mass is 16.7. The molecule has 0 aromatic heterocycles. The molecule has 0 radical (unpaired) electrons. The Balaban J connectivity index is 1.60. The lowest BCUT2D eigenvalue weighted by Gasteiger charge is -2.13. The first-order valence-electron chi connectivity index (χ1n) is 7.67. The minimum absolute atomic E-state index is 0.255. The largest absolute Gasteiger partial charge is 0.454 e. The predicted molar refractivity (Wildman–Crippen MR) is 80.7 cm³/mol. The number of aliphatic hydroxyl groups excluding tert-OH is 1. The second-order valence-corrected chi connectivity index (χ2v) is 5.15. The molecule has 1 heterocycles. The molecule has 0 fully saturated rings. The molecule has 0 aliphatic carbocycles. The number of nitrogens with one attached hydrogen (secondary N) is 1. The lowest BCUT2D eigenvalue weighted by Crippen LogP contribution is -2.23. The van der Waals surface area contributed by atoms with E-state index in [2.05, 4.69) is 12.2 Å². The predicted octanol–water partition coefficient (Wildman–Crippen LogP) is 2.25. The Morgan fingerprint density at radius 3 is 2.90 bits per heavy atom. The van der Waals surface area contributed by atoms with Gasteiger partial charge in [0.2, 0.25) is 6.79 Å². The molecule has 118 valence electrons. The molecule has 1 unspecified atom stereocenters. The lowest BCUT2D eigenvalue weighted by molar-refractivity contribution is 0.126. The summed E-state index contributed by atoms with van der Waals surface area (Å²) in [5.41, 5.74) is 0.839. The van der Waals surface area contributed by atoms with E-state index in [0.717, 1.165) is 43.9 Å². The molecule has 1 atom stereocenters. The number of ether oxygens (including phenoxy) is 3. The van der Waals surface area contributed by atoms with Gasteiger partial charge in [0.05, 0.1) is 6.10 Å². The highest BCUT2D eigenvalue weighted by molar-refractivity contribution is 5.45. The first-order valence-corrected chi connectivity index (χ1v) is 7.67. The van der Waals surface area contributed by atoms with Crippen LogP contribution in [0.4, 0.5) is 0 Å².